The minimum absolute atomic E-state index is 0.181. The molecule has 0 radical (unpaired) electrons. The molecular weight excluding hydrogens is 310 g/mol. The number of nitrogens with one attached hydrogen (secondary N) is 1. The van der Waals surface area contributed by atoms with Gasteiger partial charge in [0.25, 0.3) is 0 Å². The molecule has 0 saturated carbocycles. The second-order valence-corrected chi connectivity index (χ2v) is 6.79. The first-order valence-corrected chi connectivity index (χ1v) is 8.98. The van der Waals surface area contributed by atoms with Crippen molar-refractivity contribution in [1.82, 2.24) is 15.0 Å². The van der Waals surface area contributed by atoms with Crippen LogP contribution in [-0.2, 0) is 6.42 Å². The molecule has 124 valence electrons. The van der Waals surface area contributed by atoms with Crippen LogP contribution in [0.25, 0.3) is 0 Å². The van der Waals surface area contributed by atoms with Gasteiger partial charge < -0.3 is 15.3 Å². The molecule has 3 rings (SSSR count). The predicted octanol–water partition coefficient (Wildman–Crippen LogP) is 2.25. The molecule has 1 aliphatic rings. The molecule has 23 heavy (non-hydrogen) atoms. The summed E-state index contributed by atoms with van der Waals surface area (Å²) < 4.78 is 0. The normalized spacial score (nSPS) is 17.7. The van der Waals surface area contributed by atoms with Gasteiger partial charge in [-0.2, -0.15) is 0 Å². The lowest BCUT2D eigenvalue weighted by molar-refractivity contribution is 0.266. The van der Waals surface area contributed by atoms with E-state index in [0.717, 1.165) is 56.1 Å². The quantitative estimate of drug-likeness (QED) is 0.757. The van der Waals surface area contributed by atoms with Gasteiger partial charge in [-0.05, 0) is 26.2 Å². The third kappa shape index (κ3) is 4.17. The van der Waals surface area contributed by atoms with E-state index in [9.17, 15) is 5.11 Å². The van der Waals surface area contributed by atoms with E-state index >= 15 is 0 Å². The van der Waals surface area contributed by atoms with E-state index in [1.54, 1.807) is 17.7 Å². The Morgan fingerprint density at radius 2 is 2.35 bits per heavy atom. The van der Waals surface area contributed by atoms with E-state index in [1.165, 1.54) is 5.01 Å². The Kier molecular flexibility index (Phi) is 5.40. The molecule has 1 atom stereocenters. The minimum atomic E-state index is 0.181. The number of aryl methyl sites for hydroxylation is 2. The van der Waals surface area contributed by atoms with Crippen LogP contribution in [0.4, 0.5) is 11.6 Å². The molecule has 0 unspecified atom stereocenters. The molecule has 1 saturated heterocycles. The van der Waals surface area contributed by atoms with Crippen LogP contribution in [0.1, 0.15) is 30.0 Å². The number of hydrogen-bond acceptors (Lipinski definition) is 7. The van der Waals surface area contributed by atoms with Crippen LogP contribution in [0.15, 0.2) is 17.8 Å². The lowest BCUT2D eigenvalue weighted by Gasteiger charge is -2.24. The van der Waals surface area contributed by atoms with Crippen molar-refractivity contribution in [3.05, 3.63) is 28.5 Å². The molecule has 7 heteroatoms. The predicted molar refractivity (Wildman–Crippen MR) is 93.1 cm³/mol. The van der Waals surface area contributed by atoms with E-state index in [0.29, 0.717) is 0 Å². The molecule has 1 aliphatic heterocycles. The van der Waals surface area contributed by atoms with Gasteiger partial charge >= 0.3 is 0 Å². The minimum Gasteiger partial charge on any atom is -0.394 e. The number of aromatic nitrogens is 3. The van der Waals surface area contributed by atoms with E-state index in [2.05, 4.69) is 30.5 Å². The second kappa shape index (κ2) is 7.70. The first-order valence-electron chi connectivity index (χ1n) is 8.10. The zero-order valence-corrected chi connectivity index (χ0v) is 14.2. The fourth-order valence-corrected chi connectivity index (χ4v) is 3.72. The van der Waals surface area contributed by atoms with Crippen LogP contribution in [0, 0.1) is 6.92 Å². The fourth-order valence-electron chi connectivity index (χ4n) is 2.90. The lowest BCUT2D eigenvalue weighted by atomic mass is 10.2. The number of aliphatic hydroxyl groups excluding tert-OH is 1. The number of rotatable bonds is 7. The van der Waals surface area contributed by atoms with Crippen LogP contribution in [0.2, 0.25) is 0 Å². The van der Waals surface area contributed by atoms with Gasteiger partial charge in [0, 0.05) is 36.7 Å². The summed E-state index contributed by atoms with van der Waals surface area (Å²) in [5.74, 6) is 1.74. The van der Waals surface area contributed by atoms with Crippen molar-refractivity contribution in [2.24, 2.45) is 0 Å². The van der Waals surface area contributed by atoms with Crippen LogP contribution in [-0.4, -0.2) is 45.8 Å². The van der Waals surface area contributed by atoms with Gasteiger partial charge in [-0.25, -0.2) is 15.0 Å². The summed E-state index contributed by atoms with van der Waals surface area (Å²) >= 11 is 1.72. The van der Waals surface area contributed by atoms with Gasteiger partial charge in [-0.3, -0.25) is 0 Å². The summed E-state index contributed by atoms with van der Waals surface area (Å²) in [5.41, 5.74) is 1.10. The molecule has 2 N–H and O–H groups in total. The first-order chi connectivity index (χ1) is 11.3. The van der Waals surface area contributed by atoms with Crippen LogP contribution >= 0.6 is 11.3 Å². The van der Waals surface area contributed by atoms with Gasteiger partial charge in [-0.1, -0.05) is 0 Å². The standard InChI is InChI=1S/C16H23N5OS/c1-12-10-23-16(20-12)5-2-6-17-14-8-15(19-11-18-14)21-7-3-4-13(21)9-22/h8,10-11,13,22H,2-7,9H2,1H3,(H,17,18,19)/t13-/m0/s1. The first kappa shape index (κ1) is 16.1. The van der Waals surface area contributed by atoms with Crippen LogP contribution in [0.3, 0.4) is 0 Å². The molecule has 6 nitrogen and oxygen atoms in total. The maximum Gasteiger partial charge on any atom is 0.134 e. The van der Waals surface area contributed by atoms with Gasteiger partial charge in [0.2, 0.25) is 0 Å². The number of anilines is 2. The molecule has 1 fully saturated rings. The third-order valence-electron chi connectivity index (χ3n) is 4.07. The molecule has 3 heterocycles. The van der Waals surface area contributed by atoms with Gasteiger partial charge in [-0.15, -0.1) is 11.3 Å². The van der Waals surface area contributed by atoms with Crippen molar-refractivity contribution >= 4 is 23.0 Å². The Morgan fingerprint density at radius 3 is 3.13 bits per heavy atom. The highest BCUT2D eigenvalue weighted by molar-refractivity contribution is 7.09. The number of hydrogen-bond donors (Lipinski definition) is 2. The molecule has 0 aliphatic carbocycles. The SMILES string of the molecule is Cc1csc(CCCNc2cc(N3CCC[C@H]3CO)ncn2)n1. The smallest absolute Gasteiger partial charge is 0.134 e. The zero-order chi connectivity index (χ0) is 16.1. The molecule has 0 spiro atoms. The second-order valence-electron chi connectivity index (χ2n) is 5.85. The van der Waals surface area contributed by atoms with Gasteiger partial charge in [0.1, 0.15) is 18.0 Å². The third-order valence-corrected chi connectivity index (χ3v) is 5.10. The van der Waals surface area contributed by atoms with E-state index in [1.807, 2.05) is 13.0 Å². The van der Waals surface area contributed by atoms with Crippen molar-refractivity contribution in [1.29, 1.82) is 0 Å². The molecule has 2 aromatic rings. The van der Waals surface area contributed by atoms with Crippen molar-refractivity contribution in [2.45, 2.75) is 38.6 Å². The van der Waals surface area contributed by atoms with Crippen molar-refractivity contribution in [3.63, 3.8) is 0 Å². The van der Waals surface area contributed by atoms with E-state index < -0.39 is 0 Å². The summed E-state index contributed by atoms with van der Waals surface area (Å²) in [6.07, 6.45) is 5.73. The largest absolute Gasteiger partial charge is 0.394 e. The summed E-state index contributed by atoms with van der Waals surface area (Å²) in [7, 11) is 0. The molecule has 0 bridgehead atoms. The van der Waals surface area contributed by atoms with Crippen molar-refractivity contribution in [2.75, 3.05) is 29.9 Å². The summed E-state index contributed by atoms with van der Waals surface area (Å²) in [4.78, 5) is 15.3. The Labute approximate surface area is 140 Å². The fraction of sp³-hybridized carbons (Fsp3) is 0.562. The van der Waals surface area contributed by atoms with Crippen molar-refractivity contribution in [3.8, 4) is 0 Å². The molecule has 0 aromatic carbocycles. The Morgan fingerprint density at radius 1 is 1.43 bits per heavy atom. The van der Waals surface area contributed by atoms with Crippen molar-refractivity contribution < 1.29 is 5.11 Å². The molecule has 2 aromatic heterocycles. The topological polar surface area (TPSA) is 74.2 Å². The number of thiazole rings is 1. The van der Waals surface area contributed by atoms with Gasteiger partial charge in [0.05, 0.1) is 17.7 Å². The Hall–Kier alpha value is -1.73. The maximum atomic E-state index is 9.44. The maximum absolute atomic E-state index is 9.44. The highest BCUT2D eigenvalue weighted by atomic mass is 32.1. The Balaban J connectivity index is 1.51. The number of nitrogens with zero attached hydrogens (tertiary/aromatic N) is 4. The van der Waals surface area contributed by atoms with Crippen LogP contribution in [0.5, 0.6) is 0 Å². The summed E-state index contributed by atoms with van der Waals surface area (Å²) in [6.45, 7) is 4.02. The average molecular weight is 333 g/mol. The molecular formula is C16H23N5OS. The molecule has 0 amide bonds. The van der Waals surface area contributed by atoms with Crippen LogP contribution < -0.4 is 10.2 Å². The summed E-state index contributed by atoms with van der Waals surface area (Å²) in [6, 6.07) is 2.16. The summed E-state index contributed by atoms with van der Waals surface area (Å²) in [5, 5.41) is 16.1. The van der Waals surface area contributed by atoms with Gasteiger partial charge in [0.15, 0.2) is 0 Å². The Bertz CT molecular complexity index is 632. The highest BCUT2D eigenvalue weighted by Gasteiger charge is 2.25. The lowest BCUT2D eigenvalue weighted by Crippen LogP contribution is -2.32. The zero-order valence-electron chi connectivity index (χ0n) is 13.4. The van der Waals surface area contributed by atoms with E-state index in [4.69, 9.17) is 0 Å². The monoisotopic (exact) mass is 333 g/mol. The highest BCUT2D eigenvalue weighted by Crippen LogP contribution is 2.24. The van der Waals surface area contributed by atoms with E-state index in [-0.39, 0.29) is 12.6 Å². The average Bonchev–Trinajstić information content (AvgIpc) is 3.20. The number of aliphatic hydroxyl groups is 1.